The molecule has 9 heteroatoms. The normalized spacial score (nSPS) is 15.5. The second-order valence-corrected chi connectivity index (χ2v) is 8.11. The zero-order valence-electron chi connectivity index (χ0n) is 18.7. The standard InChI is InChI=1S/C24H26N6O3/c1-16-10-11-21(31)30(28-16)15-22(32)29-12-6-9-20(29)23-25-14-19(17(2)27-23)24(33)26-13-18-7-4-3-5-8-18/h3-5,7-8,10-11,14,20H,6,9,12-13,15H2,1-2H3,(H,26,33)/t20-/m0/s1. The van der Waals surface area contributed by atoms with Crippen LogP contribution in [0.5, 0.6) is 0 Å². The molecule has 170 valence electrons. The maximum atomic E-state index is 12.9. The van der Waals surface area contributed by atoms with Gasteiger partial charge in [0, 0.05) is 25.4 Å². The minimum absolute atomic E-state index is 0.129. The van der Waals surface area contributed by atoms with Gasteiger partial charge in [-0.1, -0.05) is 30.3 Å². The lowest BCUT2D eigenvalue weighted by molar-refractivity contribution is -0.133. The van der Waals surface area contributed by atoms with Crippen LogP contribution in [0.1, 0.15) is 52.0 Å². The highest BCUT2D eigenvalue weighted by Crippen LogP contribution is 2.30. The summed E-state index contributed by atoms with van der Waals surface area (Å²) in [7, 11) is 0. The fraction of sp³-hybridized carbons (Fsp3) is 0.333. The van der Waals surface area contributed by atoms with Gasteiger partial charge in [-0.2, -0.15) is 5.10 Å². The van der Waals surface area contributed by atoms with E-state index in [1.54, 1.807) is 24.8 Å². The number of hydrogen-bond acceptors (Lipinski definition) is 6. The van der Waals surface area contributed by atoms with E-state index in [1.807, 2.05) is 30.3 Å². The largest absolute Gasteiger partial charge is 0.348 e. The molecule has 2 aromatic heterocycles. The van der Waals surface area contributed by atoms with Crippen molar-refractivity contribution in [3.8, 4) is 0 Å². The number of nitrogens with one attached hydrogen (secondary N) is 1. The first-order valence-electron chi connectivity index (χ1n) is 10.9. The second kappa shape index (κ2) is 9.72. The van der Waals surface area contributed by atoms with Crippen molar-refractivity contribution in [1.82, 2.24) is 30.0 Å². The summed E-state index contributed by atoms with van der Waals surface area (Å²) in [5, 5.41) is 7.03. The zero-order chi connectivity index (χ0) is 23.4. The van der Waals surface area contributed by atoms with Crippen molar-refractivity contribution in [2.24, 2.45) is 0 Å². The summed E-state index contributed by atoms with van der Waals surface area (Å²) in [4.78, 5) is 48.3. The van der Waals surface area contributed by atoms with E-state index in [2.05, 4.69) is 20.4 Å². The van der Waals surface area contributed by atoms with E-state index in [1.165, 1.54) is 16.9 Å². The van der Waals surface area contributed by atoms with Crippen molar-refractivity contribution in [3.05, 3.63) is 87.4 Å². The molecule has 1 aromatic carbocycles. The van der Waals surface area contributed by atoms with Gasteiger partial charge in [-0.25, -0.2) is 14.6 Å². The maximum absolute atomic E-state index is 12.9. The van der Waals surface area contributed by atoms with Gasteiger partial charge in [0.15, 0.2) is 5.82 Å². The van der Waals surface area contributed by atoms with E-state index >= 15 is 0 Å². The van der Waals surface area contributed by atoms with Crippen molar-refractivity contribution in [1.29, 1.82) is 0 Å². The van der Waals surface area contributed by atoms with Gasteiger partial charge < -0.3 is 10.2 Å². The predicted molar refractivity (Wildman–Crippen MR) is 121 cm³/mol. The molecule has 3 aromatic rings. The molecule has 0 spiro atoms. The average molecular weight is 447 g/mol. The predicted octanol–water partition coefficient (Wildman–Crippen LogP) is 1.94. The highest BCUT2D eigenvalue weighted by molar-refractivity contribution is 5.94. The van der Waals surface area contributed by atoms with Gasteiger partial charge in [-0.15, -0.1) is 0 Å². The molecule has 1 aliphatic rings. The van der Waals surface area contributed by atoms with Crippen LogP contribution in [-0.4, -0.2) is 43.0 Å². The molecule has 0 radical (unpaired) electrons. The van der Waals surface area contributed by atoms with Crippen molar-refractivity contribution in [2.75, 3.05) is 6.54 Å². The summed E-state index contributed by atoms with van der Waals surface area (Å²) >= 11 is 0. The molecule has 0 bridgehead atoms. The third kappa shape index (κ3) is 5.14. The lowest BCUT2D eigenvalue weighted by Gasteiger charge is -2.24. The lowest BCUT2D eigenvalue weighted by atomic mass is 10.1. The van der Waals surface area contributed by atoms with Crippen LogP contribution >= 0.6 is 0 Å². The zero-order valence-corrected chi connectivity index (χ0v) is 18.7. The fourth-order valence-electron chi connectivity index (χ4n) is 3.96. The Labute approximate surface area is 191 Å². The van der Waals surface area contributed by atoms with E-state index in [9.17, 15) is 14.4 Å². The number of rotatable bonds is 6. The number of likely N-dealkylation sites (tertiary alicyclic amines) is 1. The van der Waals surface area contributed by atoms with Gasteiger partial charge in [-0.05, 0) is 38.3 Å². The topological polar surface area (TPSA) is 110 Å². The summed E-state index contributed by atoms with van der Waals surface area (Å²) in [6.45, 7) is 4.38. The van der Waals surface area contributed by atoms with Gasteiger partial charge in [0.2, 0.25) is 5.91 Å². The third-order valence-electron chi connectivity index (χ3n) is 5.69. The molecule has 0 aliphatic carbocycles. The number of nitrogens with zero attached hydrogens (tertiary/aromatic N) is 5. The smallest absolute Gasteiger partial charge is 0.267 e. The van der Waals surface area contributed by atoms with Gasteiger partial charge in [0.05, 0.1) is 23.0 Å². The lowest BCUT2D eigenvalue weighted by Crippen LogP contribution is -2.37. The van der Waals surface area contributed by atoms with E-state index in [-0.39, 0.29) is 30.0 Å². The number of carbonyl (C=O) groups excluding carboxylic acids is 2. The number of benzene rings is 1. The Hall–Kier alpha value is -3.88. The van der Waals surface area contributed by atoms with Crippen molar-refractivity contribution < 1.29 is 9.59 Å². The summed E-state index contributed by atoms with van der Waals surface area (Å²) in [5.74, 6) is 0.0540. The number of amides is 2. The van der Waals surface area contributed by atoms with Crippen LogP contribution < -0.4 is 10.9 Å². The van der Waals surface area contributed by atoms with Gasteiger partial charge in [0.1, 0.15) is 6.54 Å². The first-order chi connectivity index (χ1) is 15.9. The number of hydrogen-bond donors (Lipinski definition) is 1. The Morgan fingerprint density at radius 3 is 2.67 bits per heavy atom. The quantitative estimate of drug-likeness (QED) is 0.620. The van der Waals surface area contributed by atoms with Crippen molar-refractivity contribution >= 4 is 11.8 Å². The molecular weight excluding hydrogens is 420 g/mol. The van der Waals surface area contributed by atoms with Gasteiger partial charge in [-0.3, -0.25) is 14.4 Å². The Morgan fingerprint density at radius 2 is 1.91 bits per heavy atom. The van der Waals surface area contributed by atoms with Crippen LogP contribution in [0.25, 0.3) is 0 Å². The summed E-state index contributed by atoms with van der Waals surface area (Å²) in [6, 6.07) is 12.4. The van der Waals surface area contributed by atoms with Crippen LogP contribution in [0.2, 0.25) is 0 Å². The first kappa shape index (κ1) is 22.3. The van der Waals surface area contributed by atoms with E-state index in [0.717, 1.165) is 18.4 Å². The van der Waals surface area contributed by atoms with E-state index in [0.29, 0.717) is 35.9 Å². The van der Waals surface area contributed by atoms with E-state index in [4.69, 9.17) is 0 Å². The maximum Gasteiger partial charge on any atom is 0.267 e. The molecule has 1 aliphatic heterocycles. The molecule has 2 amide bonds. The minimum atomic E-state index is -0.317. The molecular formula is C24H26N6O3. The molecule has 33 heavy (non-hydrogen) atoms. The first-order valence-corrected chi connectivity index (χ1v) is 10.9. The molecule has 1 N–H and O–H groups in total. The molecule has 0 saturated carbocycles. The summed E-state index contributed by atoms with van der Waals surface area (Å²) < 4.78 is 1.18. The SMILES string of the molecule is Cc1ccc(=O)n(CC(=O)N2CCC[C@H]2c2ncc(C(=O)NCc3ccccc3)c(C)n2)n1. The van der Waals surface area contributed by atoms with Crippen LogP contribution in [0.15, 0.2) is 53.5 Å². The average Bonchev–Trinajstić information content (AvgIpc) is 3.31. The fourth-order valence-corrected chi connectivity index (χ4v) is 3.96. The number of aromatic nitrogens is 4. The molecule has 3 heterocycles. The molecule has 0 unspecified atom stereocenters. The minimum Gasteiger partial charge on any atom is -0.348 e. The van der Waals surface area contributed by atoms with Crippen LogP contribution in [0.3, 0.4) is 0 Å². The van der Waals surface area contributed by atoms with Crippen LogP contribution in [-0.2, 0) is 17.9 Å². The van der Waals surface area contributed by atoms with Gasteiger partial charge in [0.25, 0.3) is 11.5 Å². The molecule has 9 nitrogen and oxygen atoms in total. The van der Waals surface area contributed by atoms with Crippen molar-refractivity contribution in [3.63, 3.8) is 0 Å². The number of carbonyl (C=O) groups is 2. The highest BCUT2D eigenvalue weighted by Gasteiger charge is 2.32. The Kier molecular flexibility index (Phi) is 6.58. The van der Waals surface area contributed by atoms with Crippen LogP contribution in [0, 0.1) is 13.8 Å². The molecule has 4 rings (SSSR count). The van der Waals surface area contributed by atoms with Crippen molar-refractivity contribution in [2.45, 2.75) is 45.8 Å². The summed E-state index contributed by atoms with van der Waals surface area (Å²) in [6.07, 6.45) is 3.06. The Balaban J connectivity index is 1.46. The molecule has 1 fully saturated rings. The van der Waals surface area contributed by atoms with Crippen LogP contribution in [0.4, 0.5) is 0 Å². The Morgan fingerprint density at radius 1 is 1.12 bits per heavy atom. The third-order valence-corrected chi connectivity index (χ3v) is 5.69. The highest BCUT2D eigenvalue weighted by atomic mass is 16.2. The Bertz CT molecular complexity index is 1220. The van der Waals surface area contributed by atoms with E-state index < -0.39 is 0 Å². The molecule has 1 saturated heterocycles. The molecule has 1 atom stereocenters. The van der Waals surface area contributed by atoms with Gasteiger partial charge >= 0.3 is 0 Å². The summed E-state index contributed by atoms with van der Waals surface area (Å²) in [5.41, 5.74) is 2.31. The second-order valence-electron chi connectivity index (χ2n) is 8.11. The monoisotopic (exact) mass is 446 g/mol. The number of aryl methyl sites for hydroxylation is 2.